The van der Waals surface area contributed by atoms with E-state index < -0.39 is 0 Å². The summed E-state index contributed by atoms with van der Waals surface area (Å²) in [6.45, 7) is 3.46. The first-order valence-electron chi connectivity index (χ1n) is 4.95. The van der Waals surface area contributed by atoms with Crippen LogP contribution < -0.4 is 5.32 Å². The molecule has 2 N–H and O–H groups in total. The number of hydrogen-bond acceptors (Lipinski definition) is 5. The lowest BCUT2D eigenvalue weighted by Gasteiger charge is -2.06. The van der Waals surface area contributed by atoms with Gasteiger partial charge in [0.25, 0.3) is 5.91 Å². The molecule has 0 aliphatic heterocycles. The average Bonchev–Trinajstić information content (AvgIpc) is 2.77. The van der Waals surface area contributed by atoms with Gasteiger partial charge in [0.2, 0.25) is 6.39 Å². The molecule has 0 aliphatic carbocycles. The summed E-state index contributed by atoms with van der Waals surface area (Å²) >= 11 is 0. The van der Waals surface area contributed by atoms with Crippen LogP contribution in [0, 0.1) is 13.8 Å². The molecule has 0 aliphatic rings. The maximum atomic E-state index is 11.8. The molecule has 17 heavy (non-hydrogen) atoms. The zero-order chi connectivity index (χ0) is 12.4. The van der Waals surface area contributed by atoms with E-state index in [1.165, 1.54) is 0 Å². The SMILES string of the molecule is Cc1cc(C(=O)Nc2nnco2)cc(C)c1O. The van der Waals surface area contributed by atoms with Crippen molar-refractivity contribution in [3.63, 3.8) is 0 Å². The Labute approximate surface area is 97.3 Å². The van der Waals surface area contributed by atoms with Gasteiger partial charge in [0.05, 0.1) is 0 Å². The third-order valence-corrected chi connectivity index (χ3v) is 2.33. The molecular formula is C11H11N3O3. The minimum atomic E-state index is -0.361. The third kappa shape index (κ3) is 2.25. The van der Waals surface area contributed by atoms with Gasteiger partial charge in [-0.15, -0.1) is 5.10 Å². The Bertz CT molecular complexity index is 526. The molecule has 1 amide bonds. The lowest BCUT2D eigenvalue weighted by molar-refractivity contribution is 0.102. The highest BCUT2D eigenvalue weighted by Crippen LogP contribution is 2.23. The van der Waals surface area contributed by atoms with Crippen molar-refractivity contribution < 1.29 is 14.3 Å². The van der Waals surface area contributed by atoms with Crippen molar-refractivity contribution >= 4 is 11.9 Å². The lowest BCUT2D eigenvalue weighted by Crippen LogP contribution is -2.12. The topological polar surface area (TPSA) is 88.3 Å². The van der Waals surface area contributed by atoms with E-state index in [1.54, 1.807) is 26.0 Å². The van der Waals surface area contributed by atoms with Gasteiger partial charge in [-0.2, -0.15) is 0 Å². The van der Waals surface area contributed by atoms with Gasteiger partial charge >= 0.3 is 6.01 Å². The van der Waals surface area contributed by atoms with Crippen LogP contribution in [0.2, 0.25) is 0 Å². The van der Waals surface area contributed by atoms with Crippen LogP contribution in [0.25, 0.3) is 0 Å². The van der Waals surface area contributed by atoms with Gasteiger partial charge in [0.15, 0.2) is 0 Å². The van der Waals surface area contributed by atoms with Crippen LogP contribution in [0.3, 0.4) is 0 Å². The normalized spacial score (nSPS) is 10.2. The monoisotopic (exact) mass is 233 g/mol. The van der Waals surface area contributed by atoms with E-state index in [4.69, 9.17) is 4.42 Å². The molecule has 0 spiro atoms. The summed E-state index contributed by atoms with van der Waals surface area (Å²) in [5, 5.41) is 19.0. The van der Waals surface area contributed by atoms with E-state index in [0.717, 1.165) is 6.39 Å². The number of hydrogen-bond donors (Lipinski definition) is 2. The standard InChI is InChI=1S/C11H11N3O3/c1-6-3-8(4-7(2)9(6)15)10(16)13-11-14-12-5-17-11/h3-5,15H,1-2H3,(H,13,14,16). The molecule has 6 nitrogen and oxygen atoms in total. The predicted octanol–water partition coefficient (Wildman–Crippen LogP) is 1.64. The molecule has 0 saturated heterocycles. The fourth-order valence-corrected chi connectivity index (χ4v) is 1.48. The number of carbonyl (C=O) groups is 1. The first kappa shape index (κ1) is 11.1. The van der Waals surface area contributed by atoms with Crippen molar-refractivity contribution in [1.82, 2.24) is 10.2 Å². The van der Waals surface area contributed by atoms with Crippen molar-refractivity contribution in [3.8, 4) is 5.75 Å². The number of benzene rings is 1. The van der Waals surface area contributed by atoms with Crippen LogP contribution in [0.5, 0.6) is 5.75 Å². The maximum Gasteiger partial charge on any atom is 0.322 e. The summed E-state index contributed by atoms with van der Waals surface area (Å²) in [6, 6.07) is 3.22. The summed E-state index contributed by atoms with van der Waals surface area (Å²) in [7, 11) is 0. The molecule has 6 heteroatoms. The number of phenolic OH excluding ortho intramolecular Hbond substituents is 1. The Kier molecular flexibility index (Phi) is 2.78. The highest BCUT2D eigenvalue weighted by atomic mass is 16.4. The Morgan fingerprint density at radius 2 is 2.00 bits per heavy atom. The predicted molar refractivity (Wildman–Crippen MR) is 59.8 cm³/mol. The minimum Gasteiger partial charge on any atom is -0.507 e. The zero-order valence-electron chi connectivity index (χ0n) is 9.39. The molecule has 88 valence electrons. The first-order chi connectivity index (χ1) is 8.08. The highest BCUT2D eigenvalue weighted by molar-refractivity contribution is 6.03. The van der Waals surface area contributed by atoms with Crippen LogP contribution >= 0.6 is 0 Å². The Balaban J connectivity index is 2.26. The van der Waals surface area contributed by atoms with Crippen molar-refractivity contribution in [2.75, 3.05) is 5.32 Å². The molecule has 0 fully saturated rings. The number of rotatable bonds is 2. The molecule has 0 bridgehead atoms. The number of aromatic nitrogens is 2. The molecule has 2 aromatic rings. The van der Waals surface area contributed by atoms with Gasteiger partial charge in [0.1, 0.15) is 5.75 Å². The van der Waals surface area contributed by atoms with Gasteiger partial charge < -0.3 is 9.52 Å². The third-order valence-electron chi connectivity index (χ3n) is 2.33. The smallest absolute Gasteiger partial charge is 0.322 e. The number of aryl methyl sites for hydroxylation is 2. The van der Waals surface area contributed by atoms with Crippen molar-refractivity contribution in [2.24, 2.45) is 0 Å². The summed E-state index contributed by atoms with van der Waals surface area (Å²) in [6.07, 6.45) is 1.13. The highest BCUT2D eigenvalue weighted by Gasteiger charge is 2.12. The van der Waals surface area contributed by atoms with E-state index in [2.05, 4.69) is 15.5 Å². The van der Waals surface area contributed by atoms with Crippen molar-refractivity contribution in [2.45, 2.75) is 13.8 Å². The fourth-order valence-electron chi connectivity index (χ4n) is 1.48. The van der Waals surface area contributed by atoms with E-state index in [0.29, 0.717) is 16.7 Å². The average molecular weight is 233 g/mol. The van der Waals surface area contributed by atoms with E-state index >= 15 is 0 Å². The molecule has 1 aromatic carbocycles. The Morgan fingerprint density at radius 3 is 2.53 bits per heavy atom. The summed E-state index contributed by atoms with van der Waals surface area (Å²) in [5.74, 6) is -0.167. The van der Waals surface area contributed by atoms with Crippen LogP contribution in [0.4, 0.5) is 6.01 Å². The molecule has 1 aromatic heterocycles. The largest absolute Gasteiger partial charge is 0.507 e. The van der Waals surface area contributed by atoms with E-state index in [9.17, 15) is 9.90 Å². The number of aromatic hydroxyl groups is 1. The van der Waals surface area contributed by atoms with Gasteiger partial charge in [0, 0.05) is 5.56 Å². The quantitative estimate of drug-likeness (QED) is 0.823. The van der Waals surface area contributed by atoms with E-state index in [-0.39, 0.29) is 17.7 Å². The number of amides is 1. The minimum absolute atomic E-state index is 0.0402. The zero-order valence-corrected chi connectivity index (χ0v) is 9.39. The Hall–Kier alpha value is -2.37. The second-order valence-electron chi connectivity index (χ2n) is 3.66. The van der Waals surface area contributed by atoms with Gasteiger partial charge in [-0.05, 0) is 37.1 Å². The second kappa shape index (κ2) is 4.25. The Morgan fingerprint density at radius 1 is 1.35 bits per heavy atom. The number of nitrogens with zero attached hydrogens (tertiary/aromatic N) is 2. The molecule has 0 atom stereocenters. The van der Waals surface area contributed by atoms with Crippen LogP contribution in [0.1, 0.15) is 21.5 Å². The summed E-state index contributed by atoms with van der Waals surface area (Å²) in [4.78, 5) is 11.8. The molecule has 2 rings (SSSR count). The molecule has 1 heterocycles. The number of carbonyl (C=O) groups excluding carboxylic acids is 1. The number of anilines is 1. The molecule has 0 unspecified atom stereocenters. The first-order valence-corrected chi connectivity index (χ1v) is 4.95. The second-order valence-corrected chi connectivity index (χ2v) is 3.66. The number of phenols is 1. The fraction of sp³-hybridized carbons (Fsp3) is 0.182. The van der Waals surface area contributed by atoms with Crippen molar-refractivity contribution in [1.29, 1.82) is 0 Å². The maximum absolute atomic E-state index is 11.8. The van der Waals surface area contributed by atoms with Crippen LogP contribution in [-0.4, -0.2) is 21.2 Å². The van der Waals surface area contributed by atoms with Crippen LogP contribution in [0.15, 0.2) is 22.9 Å². The van der Waals surface area contributed by atoms with Crippen molar-refractivity contribution in [3.05, 3.63) is 35.2 Å². The molecule has 0 saturated carbocycles. The summed E-state index contributed by atoms with van der Waals surface area (Å²) in [5.41, 5.74) is 1.71. The van der Waals surface area contributed by atoms with Gasteiger partial charge in [-0.25, -0.2) is 0 Å². The molecule has 0 radical (unpaired) electrons. The summed E-state index contributed by atoms with van der Waals surface area (Å²) < 4.78 is 4.81. The van der Waals surface area contributed by atoms with E-state index in [1.807, 2.05) is 0 Å². The lowest BCUT2D eigenvalue weighted by atomic mass is 10.1. The van der Waals surface area contributed by atoms with Crippen LogP contribution in [-0.2, 0) is 0 Å². The molecular weight excluding hydrogens is 222 g/mol. The number of nitrogens with one attached hydrogen (secondary N) is 1. The van der Waals surface area contributed by atoms with Gasteiger partial charge in [-0.1, -0.05) is 5.10 Å². The van der Waals surface area contributed by atoms with Gasteiger partial charge in [-0.3, -0.25) is 10.1 Å².